The van der Waals surface area contributed by atoms with E-state index < -0.39 is 0 Å². The number of ether oxygens (including phenoxy) is 1. The maximum absolute atomic E-state index is 11.6. The molecule has 1 unspecified atom stereocenters. The van der Waals surface area contributed by atoms with Gasteiger partial charge in [0.05, 0.1) is 18.9 Å². The molecule has 2 rings (SSSR count). The standard InChI is InChI=1S/C10H14N2O2S.ClH/c13-10(12-8-1-4-15-7-8)5-9-6-14-3-2-11-9;/h1,4,7,9,11H,2-3,5-6H2,(H,12,13);1H. The summed E-state index contributed by atoms with van der Waals surface area (Å²) in [6.07, 6.45) is 0.468. The monoisotopic (exact) mass is 262 g/mol. The van der Waals surface area contributed by atoms with Gasteiger partial charge in [-0.05, 0) is 11.4 Å². The smallest absolute Gasteiger partial charge is 0.226 e. The minimum absolute atomic E-state index is 0. The predicted molar refractivity (Wildman–Crippen MR) is 67.4 cm³/mol. The average Bonchev–Trinajstić information content (AvgIpc) is 2.71. The van der Waals surface area contributed by atoms with Crippen LogP contribution in [0.3, 0.4) is 0 Å². The van der Waals surface area contributed by atoms with E-state index in [0.29, 0.717) is 13.0 Å². The molecule has 1 amide bonds. The molecule has 1 aromatic rings. The Labute approximate surface area is 105 Å². The van der Waals surface area contributed by atoms with Crippen LogP contribution in [0.25, 0.3) is 0 Å². The first-order valence-corrected chi connectivity index (χ1v) is 5.92. The second kappa shape index (κ2) is 6.85. The Morgan fingerprint density at radius 3 is 3.19 bits per heavy atom. The van der Waals surface area contributed by atoms with Crippen molar-refractivity contribution in [2.24, 2.45) is 0 Å². The first-order valence-electron chi connectivity index (χ1n) is 4.98. The largest absolute Gasteiger partial charge is 0.378 e. The first kappa shape index (κ1) is 13.4. The summed E-state index contributed by atoms with van der Waals surface area (Å²) in [5.74, 6) is 0.0383. The van der Waals surface area contributed by atoms with Crippen molar-refractivity contribution >= 4 is 35.3 Å². The minimum atomic E-state index is 0. The molecule has 2 heterocycles. The summed E-state index contributed by atoms with van der Waals surface area (Å²) in [4.78, 5) is 11.6. The topological polar surface area (TPSA) is 50.4 Å². The molecule has 0 bridgehead atoms. The van der Waals surface area contributed by atoms with Crippen LogP contribution >= 0.6 is 23.7 Å². The summed E-state index contributed by atoms with van der Waals surface area (Å²) in [7, 11) is 0. The van der Waals surface area contributed by atoms with Gasteiger partial charge in [-0.25, -0.2) is 0 Å². The van der Waals surface area contributed by atoms with Crippen LogP contribution in [0.15, 0.2) is 16.8 Å². The van der Waals surface area contributed by atoms with Gasteiger partial charge in [-0.3, -0.25) is 4.79 Å². The molecular formula is C10H15ClN2O2S. The predicted octanol–water partition coefficient (Wildman–Crippen LogP) is 1.49. The van der Waals surface area contributed by atoms with Crippen molar-refractivity contribution in [2.45, 2.75) is 12.5 Å². The quantitative estimate of drug-likeness (QED) is 0.868. The van der Waals surface area contributed by atoms with Crippen molar-refractivity contribution in [3.8, 4) is 0 Å². The summed E-state index contributed by atoms with van der Waals surface area (Å²) in [6.45, 7) is 2.19. The van der Waals surface area contributed by atoms with Crippen LogP contribution < -0.4 is 10.6 Å². The van der Waals surface area contributed by atoms with Gasteiger partial charge in [0.25, 0.3) is 0 Å². The van der Waals surface area contributed by atoms with E-state index in [1.54, 1.807) is 11.3 Å². The van der Waals surface area contributed by atoms with Gasteiger partial charge in [0.15, 0.2) is 0 Å². The van der Waals surface area contributed by atoms with Crippen LogP contribution in [0.2, 0.25) is 0 Å². The minimum Gasteiger partial charge on any atom is -0.378 e. The molecule has 0 spiro atoms. The Kier molecular flexibility index (Phi) is 5.76. The van der Waals surface area contributed by atoms with Crippen LogP contribution in [-0.2, 0) is 9.53 Å². The number of rotatable bonds is 3. The highest BCUT2D eigenvalue weighted by Gasteiger charge is 2.16. The van der Waals surface area contributed by atoms with E-state index in [0.717, 1.165) is 18.8 Å². The molecule has 0 radical (unpaired) electrons. The van der Waals surface area contributed by atoms with Gasteiger partial charge in [0.2, 0.25) is 5.91 Å². The lowest BCUT2D eigenvalue weighted by Gasteiger charge is -2.23. The second-order valence-corrected chi connectivity index (χ2v) is 4.27. The summed E-state index contributed by atoms with van der Waals surface area (Å²) < 4.78 is 5.28. The lowest BCUT2D eigenvalue weighted by Crippen LogP contribution is -2.43. The van der Waals surface area contributed by atoms with E-state index in [1.165, 1.54) is 0 Å². The van der Waals surface area contributed by atoms with Crippen LogP contribution in [0.1, 0.15) is 6.42 Å². The van der Waals surface area contributed by atoms with E-state index in [4.69, 9.17) is 4.74 Å². The van der Waals surface area contributed by atoms with Crippen LogP contribution in [-0.4, -0.2) is 31.7 Å². The maximum atomic E-state index is 11.6. The van der Waals surface area contributed by atoms with Crippen molar-refractivity contribution in [3.05, 3.63) is 16.8 Å². The number of halogens is 1. The third-order valence-electron chi connectivity index (χ3n) is 2.24. The molecule has 6 heteroatoms. The lowest BCUT2D eigenvalue weighted by atomic mass is 10.2. The highest BCUT2D eigenvalue weighted by atomic mass is 35.5. The van der Waals surface area contributed by atoms with Gasteiger partial charge >= 0.3 is 0 Å². The Bertz CT molecular complexity index is 313. The van der Waals surface area contributed by atoms with Crippen molar-refractivity contribution in [1.29, 1.82) is 0 Å². The molecule has 90 valence electrons. The van der Waals surface area contributed by atoms with E-state index >= 15 is 0 Å². The number of carbonyl (C=O) groups is 1. The lowest BCUT2D eigenvalue weighted by molar-refractivity contribution is -0.117. The Morgan fingerprint density at radius 1 is 1.69 bits per heavy atom. The van der Waals surface area contributed by atoms with Gasteiger partial charge in [0, 0.05) is 24.4 Å². The Balaban J connectivity index is 0.00000128. The van der Waals surface area contributed by atoms with E-state index in [1.807, 2.05) is 16.8 Å². The fraction of sp³-hybridized carbons (Fsp3) is 0.500. The highest BCUT2D eigenvalue weighted by Crippen LogP contribution is 2.12. The number of hydrogen-bond donors (Lipinski definition) is 2. The fourth-order valence-corrected chi connectivity index (χ4v) is 2.11. The SMILES string of the molecule is Cl.O=C(CC1COCCN1)Nc1ccsc1. The summed E-state index contributed by atoms with van der Waals surface area (Å²) in [5.41, 5.74) is 0.877. The molecule has 1 aromatic heterocycles. The molecule has 1 atom stereocenters. The first-order chi connectivity index (χ1) is 7.34. The Morgan fingerprint density at radius 2 is 2.56 bits per heavy atom. The van der Waals surface area contributed by atoms with Gasteiger partial charge in [-0.1, -0.05) is 0 Å². The average molecular weight is 263 g/mol. The van der Waals surface area contributed by atoms with Gasteiger partial charge in [0.1, 0.15) is 0 Å². The number of anilines is 1. The van der Waals surface area contributed by atoms with Crippen molar-refractivity contribution < 1.29 is 9.53 Å². The molecule has 1 saturated heterocycles. The molecule has 16 heavy (non-hydrogen) atoms. The van der Waals surface area contributed by atoms with Gasteiger partial charge in [-0.15, -0.1) is 12.4 Å². The number of amides is 1. The molecule has 4 nitrogen and oxygen atoms in total. The van der Waals surface area contributed by atoms with E-state index in [2.05, 4.69) is 10.6 Å². The normalized spacial score (nSPS) is 19.9. The van der Waals surface area contributed by atoms with Crippen molar-refractivity contribution in [1.82, 2.24) is 5.32 Å². The number of hydrogen-bond acceptors (Lipinski definition) is 4. The Hall–Kier alpha value is -0.620. The van der Waals surface area contributed by atoms with Gasteiger partial charge < -0.3 is 15.4 Å². The van der Waals surface area contributed by atoms with Crippen molar-refractivity contribution in [2.75, 3.05) is 25.1 Å². The van der Waals surface area contributed by atoms with Crippen LogP contribution in [0, 0.1) is 0 Å². The van der Waals surface area contributed by atoms with E-state index in [-0.39, 0.29) is 24.4 Å². The molecule has 1 aliphatic rings. The third kappa shape index (κ3) is 4.09. The molecule has 1 aliphatic heterocycles. The summed E-state index contributed by atoms with van der Waals surface area (Å²) >= 11 is 1.57. The zero-order valence-electron chi connectivity index (χ0n) is 8.77. The van der Waals surface area contributed by atoms with Crippen LogP contribution in [0.4, 0.5) is 5.69 Å². The molecule has 0 aliphatic carbocycles. The molecule has 0 saturated carbocycles. The number of morpholine rings is 1. The summed E-state index contributed by atoms with van der Waals surface area (Å²) in [6, 6.07) is 2.05. The highest BCUT2D eigenvalue weighted by molar-refractivity contribution is 7.08. The molecular weight excluding hydrogens is 248 g/mol. The third-order valence-corrected chi connectivity index (χ3v) is 2.92. The molecule has 2 N–H and O–H groups in total. The van der Waals surface area contributed by atoms with Crippen LogP contribution in [0.5, 0.6) is 0 Å². The zero-order valence-corrected chi connectivity index (χ0v) is 10.4. The summed E-state index contributed by atoms with van der Waals surface area (Å²) in [5, 5.41) is 9.95. The van der Waals surface area contributed by atoms with Crippen molar-refractivity contribution in [3.63, 3.8) is 0 Å². The second-order valence-electron chi connectivity index (χ2n) is 3.49. The number of thiophene rings is 1. The fourth-order valence-electron chi connectivity index (χ4n) is 1.52. The number of nitrogens with one attached hydrogen (secondary N) is 2. The van der Waals surface area contributed by atoms with Gasteiger partial charge in [-0.2, -0.15) is 11.3 Å². The maximum Gasteiger partial charge on any atom is 0.226 e. The van der Waals surface area contributed by atoms with E-state index in [9.17, 15) is 4.79 Å². The number of carbonyl (C=O) groups excluding carboxylic acids is 1. The zero-order chi connectivity index (χ0) is 10.5. The molecule has 1 fully saturated rings. The molecule has 0 aromatic carbocycles.